The molecule has 4 N–H and O–H groups in total. The Morgan fingerprint density at radius 1 is 1.52 bits per heavy atom. The average molecular weight is 391 g/mol. The van der Waals surface area contributed by atoms with Crippen molar-refractivity contribution < 1.29 is 19.8 Å². The van der Waals surface area contributed by atoms with Gasteiger partial charge in [0.2, 0.25) is 5.91 Å². The van der Waals surface area contributed by atoms with Gasteiger partial charge in [0.05, 0.1) is 23.8 Å². The van der Waals surface area contributed by atoms with Crippen LogP contribution in [0.4, 0.5) is 0 Å². The second kappa shape index (κ2) is 7.01. The van der Waals surface area contributed by atoms with Gasteiger partial charge in [0.15, 0.2) is 5.16 Å². The predicted molar refractivity (Wildman–Crippen MR) is 98.2 cm³/mol. The van der Waals surface area contributed by atoms with Gasteiger partial charge < -0.3 is 25.4 Å². The van der Waals surface area contributed by atoms with E-state index in [2.05, 4.69) is 20.3 Å². The fourth-order valence-electron chi connectivity index (χ4n) is 4.04. The summed E-state index contributed by atoms with van der Waals surface area (Å²) < 4.78 is 0. The summed E-state index contributed by atoms with van der Waals surface area (Å²) in [6.07, 6.45) is 3.17. The summed E-state index contributed by atoms with van der Waals surface area (Å²) in [6, 6.07) is -0.251. The fraction of sp³-hybridized carbons (Fsp3) is 0.529. The molecule has 0 radical (unpaired) electrons. The first-order chi connectivity index (χ1) is 13.0. The maximum atomic E-state index is 12.3. The fourth-order valence-corrected chi connectivity index (χ4v) is 4.80. The molecule has 27 heavy (non-hydrogen) atoms. The van der Waals surface area contributed by atoms with Crippen LogP contribution in [0.15, 0.2) is 33.8 Å². The molecule has 4 atom stereocenters. The minimum absolute atomic E-state index is 0.0680. The molecule has 1 aromatic heterocycles. The van der Waals surface area contributed by atoms with E-state index < -0.39 is 18.0 Å². The van der Waals surface area contributed by atoms with Crippen molar-refractivity contribution in [1.29, 1.82) is 0 Å². The number of amidine groups is 1. The van der Waals surface area contributed by atoms with Crippen molar-refractivity contribution in [3.8, 4) is 0 Å². The number of fused-ring (bicyclic) bond motifs is 1. The summed E-state index contributed by atoms with van der Waals surface area (Å²) in [5, 5.41) is 23.6. The average Bonchev–Trinajstić information content (AvgIpc) is 3.26. The van der Waals surface area contributed by atoms with Crippen LogP contribution >= 0.6 is 11.8 Å². The molecule has 4 heterocycles. The van der Waals surface area contributed by atoms with E-state index in [-0.39, 0.29) is 23.6 Å². The van der Waals surface area contributed by atoms with Crippen molar-refractivity contribution in [1.82, 2.24) is 20.2 Å². The maximum absolute atomic E-state index is 12.3. The highest BCUT2D eigenvalue weighted by Crippen LogP contribution is 2.45. The van der Waals surface area contributed by atoms with Crippen LogP contribution < -0.4 is 5.32 Å². The molecule has 0 aromatic carbocycles. The number of aliphatic carboxylic acids is 1. The number of nitrogens with zero attached hydrogens (tertiary/aromatic N) is 3. The number of aromatic amines is 1. The Kier molecular flexibility index (Phi) is 4.68. The molecule has 1 fully saturated rings. The number of nitrogens with one attached hydrogen (secondary N) is 2. The monoisotopic (exact) mass is 391 g/mol. The van der Waals surface area contributed by atoms with E-state index in [0.29, 0.717) is 25.3 Å². The van der Waals surface area contributed by atoms with Crippen molar-refractivity contribution in [3.05, 3.63) is 23.7 Å². The number of β-lactam (4-membered cyclic amide) rings is 1. The molecule has 3 aliphatic rings. The Morgan fingerprint density at radius 3 is 2.93 bits per heavy atom. The lowest BCUT2D eigenvalue weighted by Crippen LogP contribution is -2.61. The number of carbonyl (C=O) groups excluding carboxylic acids is 1. The number of aromatic nitrogens is 2. The molecule has 1 saturated heterocycles. The zero-order valence-corrected chi connectivity index (χ0v) is 15.6. The number of rotatable bonds is 6. The van der Waals surface area contributed by atoms with Crippen LogP contribution in [0.25, 0.3) is 0 Å². The smallest absolute Gasteiger partial charge is 0.352 e. The number of amides is 1. The molecule has 9 nitrogen and oxygen atoms in total. The van der Waals surface area contributed by atoms with Crippen molar-refractivity contribution in [2.24, 2.45) is 16.8 Å². The Morgan fingerprint density at radius 2 is 2.33 bits per heavy atom. The summed E-state index contributed by atoms with van der Waals surface area (Å²) in [4.78, 5) is 37.2. The van der Waals surface area contributed by atoms with Gasteiger partial charge >= 0.3 is 5.97 Å². The van der Waals surface area contributed by atoms with Gasteiger partial charge in [-0.15, -0.1) is 0 Å². The van der Waals surface area contributed by atoms with Gasteiger partial charge in [-0.2, -0.15) is 0 Å². The van der Waals surface area contributed by atoms with Crippen LogP contribution in [0.5, 0.6) is 0 Å². The molecule has 1 unspecified atom stereocenters. The number of aliphatic hydroxyl groups is 1. The highest BCUT2D eigenvalue weighted by Gasteiger charge is 2.57. The van der Waals surface area contributed by atoms with E-state index in [0.717, 1.165) is 16.6 Å². The molecule has 1 amide bonds. The molecule has 0 spiro atoms. The number of hydrogen-bond acceptors (Lipinski definition) is 7. The quantitative estimate of drug-likeness (QED) is 0.399. The lowest BCUT2D eigenvalue weighted by atomic mass is 9.82. The Labute approximate surface area is 160 Å². The molecule has 0 saturated carbocycles. The number of carbonyl (C=O) groups is 2. The zero-order chi connectivity index (χ0) is 19.1. The molecular weight excluding hydrogens is 370 g/mol. The first-order valence-corrected chi connectivity index (χ1v) is 9.82. The molecule has 0 bridgehead atoms. The number of aliphatic imine (C=N–C) groups is 1. The minimum Gasteiger partial charge on any atom is -0.477 e. The van der Waals surface area contributed by atoms with Crippen molar-refractivity contribution in [2.75, 3.05) is 18.8 Å². The second-order valence-electron chi connectivity index (χ2n) is 6.97. The molecule has 144 valence electrons. The molecule has 0 aliphatic carbocycles. The number of carboxylic acid groups (broad SMARTS) is 1. The lowest BCUT2D eigenvalue weighted by molar-refractivity contribution is -0.161. The Hall–Kier alpha value is -2.33. The van der Waals surface area contributed by atoms with E-state index in [1.807, 2.05) is 0 Å². The van der Waals surface area contributed by atoms with Gasteiger partial charge in [0.1, 0.15) is 11.5 Å². The Balaban J connectivity index is 1.45. The summed E-state index contributed by atoms with van der Waals surface area (Å²) >= 11 is 1.54. The van der Waals surface area contributed by atoms with Crippen LogP contribution in [0.1, 0.15) is 13.3 Å². The predicted octanol–water partition coefficient (Wildman–Crippen LogP) is 0.0699. The van der Waals surface area contributed by atoms with Crippen molar-refractivity contribution >= 4 is 29.5 Å². The summed E-state index contributed by atoms with van der Waals surface area (Å²) in [6.45, 7) is 2.65. The number of hydrogen-bond donors (Lipinski definition) is 4. The number of thioether (sulfide) groups is 1. The van der Waals surface area contributed by atoms with Gasteiger partial charge in [0.25, 0.3) is 0 Å². The number of carboxylic acids is 1. The largest absolute Gasteiger partial charge is 0.477 e. The summed E-state index contributed by atoms with van der Waals surface area (Å²) in [7, 11) is 0. The first-order valence-electron chi connectivity index (χ1n) is 8.84. The van der Waals surface area contributed by atoms with Crippen LogP contribution in [-0.2, 0) is 9.59 Å². The number of aliphatic hydroxyl groups excluding tert-OH is 1. The van der Waals surface area contributed by atoms with Crippen molar-refractivity contribution in [2.45, 2.75) is 30.6 Å². The van der Waals surface area contributed by atoms with E-state index in [4.69, 9.17) is 0 Å². The lowest BCUT2D eigenvalue weighted by Gasteiger charge is -2.44. The third-order valence-corrected chi connectivity index (χ3v) is 6.25. The van der Waals surface area contributed by atoms with Gasteiger partial charge in [-0.1, -0.05) is 11.8 Å². The van der Waals surface area contributed by atoms with Gasteiger partial charge in [0, 0.05) is 31.4 Å². The molecular formula is C17H21N5O4S. The van der Waals surface area contributed by atoms with Crippen LogP contribution in [0.3, 0.4) is 0 Å². The number of H-pyrrole nitrogens is 1. The van der Waals surface area contributed by atoms with Gasteiger partial charge in [-0.3, -0.25) is 9.79 Å². The normalized spacial score (nSPS) is 28.4. The molecule has 10 heteroatoms. The summed E-state index contributed by atoms with van der Waals surface area (Å²) in [5.41, 5.74) is 0.829. The van der Waals surface area contributed by atoms with Crippen LogP contribution in [0, 0.1) is 11.8 Å². The van der Waals surface area contributed by atoms with Gasteiger partial charge in [-0.25, -0.2) is 9.78 Å². The first kappa shape index (κ1) is 18.1. The maximum Gasteiger partial charge on any atom is 0.352 e. The third kappa shape index (κ3) is 3.12. The highest BCUT2D eigenvalue weighted by atomic mass is 32.2. The second-order valence-corrected chi connectivity index (χ2v) is 7.94. The molecule has 4 rings (SSSR count). The van der Waals surface area contributed by atoms with E-state index in [1.165, 1.54) is 4.90 Å². The van der Waals surface area contributed by atoms with Gasteiger partial charge in [-0.05, 0) is 18.9 Å². The standard InChI is InChI=1S/C17H21N5O4S/c1-8(23)13-11-4-10(14(16(25)26)22(11)15(13)24)9-5-20-12(21-6-9)7-27-17-18-2-3-19-17/h2-3,8-9,11,13,23H,4-7H2,1H3,(H,18,19)(H,20,21)(H,25,26)/t8-,11-,13-/m1/s1. The van der Waals surface area contributed by atoms with E-state index in [1.54, 1.807) is 31.1 Å². The zero-order valence-electron chi connectivity index (χ0n) is 14.8. The molecule has 1 aromatic rings. The van der Waals surface area contributed by atoms with E-state index >= 15 is 0 Å². The minimum atomic E-state index is -1.09. The number of imidazole rings is 1. The SMILES string of the molecule is C[C@@H](O)[C@H]1C(=O)N2C(C(=O)O)=C(C3CN=C(CSc4ncc[nH]4)NC3)C[C@H]12. The third-order valence-electron chi connectivity index (χ3n) is 5.33. The summed E-state index contributed by atoms with van der Waals surface area (Å²) in [5.74, 6) is -0.469. The highest BCUT2D eigenvalue weighted by molar-refractivity contribution is 7.99. The van der Waals surface area contributed by atoms with Crippen molar-refractivity contribution in [3.63, 3.8) is 0 Å². The molecule has 3 aliphatic heterocycles. The topological polar surface area (TPSA) is 131 Å². The van der Waals surface area contributed by atoms with Crippen LogP contribution in [0.2, 0.25) is 0 Å². The Bertz CT molecular complexity index is 819. The van der Waals surface area contributed by atoms with E-state index in [9.17, 15) is 19.8 Å². The van der Waals surface area contributed by atoms with Crippen LogP contribution in [-0.4, -0.2) is 73.8 Å².